The van der Waals surface area contributed by atoms with Gasteiger partial charge in [-0.3, -0.25) is 5.10 Å². The number of rotatable bonds is 1. The minimum Gasteiger partial charge on any atom is -0.364 e. The molecule has 0 fully saturated rings. The molecule has 1 aromatic rings. The van der Waals surface area contributed by atoms with Crippen molar-refractivity contribution in [3.63, 3.8) is 0 Å². The Balaban J connectivity index is 2.65. The molecule has 0 saturated carbocycles. The maximum Gasteiger partial charge on any atom is 0.148 e. The maximum atomic E-state index is 4.07. The molecule has 0 saturated heterocycles. The number of hydrogen-bond acceptors (Lipinski definition) is 2. The summed E-state index contributed by atoms with van der Waals surface area (Å²) in [6, 6.07) is 1.99. The average Bonchev–Trinajstić information content (AvgIpc) is 2.10. The highest BCUT2D eigenvalue weighted by atomic mass is 15.2. The minimum absolute atomic E-state index is 0.0850. The number of nitrogens with one attached hydrogen (secondary N) is 2. The van der Waals surface area contributed by atoms with Crippen LogP contribution in [-0.4, -0.2) is 15.7 Å². The van der Waals surface area contributed by atoms with Gasteiger partial charge in [0.15, 0.2) is 0 Å². The number of nitrogens with zero attached hydrogens (tertiary/aromatic N) is 1. The van der Waals surface area contributed by atoms with Gasteiger partial charge in [-0.15, -0.1) is 0 Å². The molecule has 0 atom stereocenters. The first-order chi connectivity index (χ1) is 4.97. The van der Waals surface area contributed by atoms with Crippen molar-refractivity contribution in [1.82, 2.24) is 10.2 Å². The van der Waals surface area contributed by atoms with E-state index in [0.717, 1.165) is 11.5 Å². The molecule has 2 N–H and O–H groups in total. The molecule has 0 radical (unpaired) electrons. The molecule has 0 aromatic carbocycles. The highest BCUT2D eigenvalue weighted by Gasteiger charge is 2.10. The predicted octanol–water partition coefficient (Wildman–Crippen LogP) is 1.93. The molecule has 0 amide bonds. The van der Waals surface area contributed by atoms with Crippen molar-refractivity contribution >= 4 is 5.82 Å². The van der Waals surface area contributed by atoms with Gasteiger partial charge in [0.05, 0.1) is 0 Å². The quantitative estimate of drug-likeness (QED) is 0.647. The molecule has 1 aromatic heterocycles. The van der Waals surface area contributed by atoms with E-state index in [1.807, 2.05) is 13.0 Å². The molecule has 3 heteroatoms. The SMILES string of the molecule is Cc1cc(NC(C)(C)C)n[nH]1. The second kappa shape index (κ2) is 2.57. The second-order valence-electron chi connectivity index (χ2n) is 3.81. The van der Waals surface area contributed by atoms with E-state index in [0.29, 0.717) is 0 Å². The van der Waals surface area contributed by atoms with Crippen molar-refractivity contribution < 1.29 is 0 Å². The molecule has 0 aliphatic rings. The number of aryl methyl sites for hydroxylation is 1. The molecule has 3 nitrogen and oxygen atoms in total. The normalized spacial score (nSPS) is 11.6. The fourth-order valence-electron chi connectivity index (χ4n) is 0.866. The largest absolute Gasteiger partial charge is 0.364 e. The highest BCUT2D eigenvalue weighted by Crippen LogP contribution is 2.11. The smallest absolute Gasteiger partial charge is 0.148 e. The summed E-state index contributed by atoms with van der Waals surface area (Å²) in [6.45, 7) is 8.31. The van der Waals surface area contributed by atoms with E-state index >= 15 is 0 Å². The Labute approximate surface area is 67.2 Å². The third-order valence-electron chi connectivity index (χ3n) is 1.21. The van der Waals surface area contributed by atoms with Gasteiger partial charge in [0.2, 0.25) is 0 Å². The lowest BCUT2D eigenvalue weighted by Gasteiger charge is -2.19. The van der Waals surface area contributed by atoms with Crippen molar-refractivity contribution in [2.24, 2.45) is 0 Å². The van der Waals surface area contributed by atoms with Crippen LogP contribution in [0.5, 0.6) is 0 Å². The molecular formula is C8H15N3. The fourth-order valence-corrected chi connectivity index (χ4v) is 0.866. The maximum absolute atomic E-state index is 4.07. The number of anilines is 1. The molecule has 0 aliphatic carbocycles. The number of aromatic amines is 1. The molecule has 11 heavy (non-hydrogen) atoms. The van der Waals surface area contributed by atoms with E-state index in [1.54, 1.807) is 0 Å². The van der Waals surface area contributed by atoms with Crippen molar-refractivity contribution in [3.8, 4) is 0 Å². The van der Waals surface area contributed by atoms with Gasteiger partial charge in [-0.2, -0.15) is 5.10 Å². The van der Waals surface area contributed by atoms with Gasteiger partial charge >= 0.3 is 0 Å². The van der Waals surface area contributed by atoms with Crippen LogP contribution in [0.1, 0.15) is 26.5 Å². The molecule has 0 unspecified atom stereocenters. The minimum atomic E-state index is 0.0850. The lowest BCUT2D eigenvalue weighted by atomic mass is 10.1. The summed E-state index contributed by atoms with van der Waals surface area (Å²) < 4.78 is 0. The molecule has 0 spiro atoms. The Morgan fingerprint density at radius 1 is 1.45 bits per heavy atom. The van der Waals surface area contributed by atoms with Gasteiger partial charge in [0.1, 0.15) is 5.82 Å². The van der Waals surface area contributed by atoms with E-state index in [2.05, 4.69) is 36.3 Å². The van der Waals surface area contributed by atoms with Crippen LogP contribution in [0.2, 0.25) is 0 Å². The van der Waals surface area contributed by atoms with E-state index in [4.69, 9.17) is 0 Å². The van der Waals surface area contributed by atoms with E-state index in [-0.39, 0.29) is 5.54 Å². The Kier molecular flexibility index (Phi) is 1.89. The summed E-state index contributed by atoms with van der Waals surface area (Å²) in [5.74, 6) is 0.912. The molecule has 0 bridgehead atoms. The van der Waals surface area contributed by atoms with Crippen LogP contribution >= 0.6 is 0 Å². The number of aromatic nitrogens is 2. The van der Waals surface area contributed by atoms with Gasteiger partial charge in [0, 0.05) is 17.3 Å². The molecule has 0 aliphatic heterocycles. The zero-order valence-electron chi connectivity index (χ0n) is 7.52. The van der Waals surface area contributed by atoms with Gasteiger partial charge in [-0.25, -0.2) is 0 Å². The van der Waals surface area contributed by atoms with Crippen LogP contribution in [0.4, 0.5) is 5.82 Å². The van der Waals surface area contributed by atoms with Gasteiger partial charge in [-0.05, 0) is 27.7 Å². The standard InChI is InChI=1S/C8H15N3/c1-6-5-7(11-10-6)9-8(2,3)4/h5H,1-4H3,(H2,9,10,11). The molecule has 62 valence electrons. The molecular weight excluding hydrogens is 138 g/mol. The summed E-state index contributed by atoms with van der Waals surface area (Å²) in [5, 5.41) is 10.2. The van der Waals surface area contributed by atoms with Crippen LogP contribution in [0.15, 0.2) is 6.07 Å². The zero-order chi connectivity index (χ0) is 8.48. The summed E-state index contributed by atoms with van der Waals surface area (Å²) in [4.78, 5) is 0. The summed E-state index contributed by atoms with van der Waals surface area (Å²) >= 11 is 0. The fraction of sp³-hybridized carbons (Fsp3) is 0.625. The predicted molar refractivity (Wildman–Crippen MR) is 46.7 cm³/mol. The van der Waals surface area contributed by atoms with Gasteiger partial charge in [-0.1, -0.05) is 0 Å². The van der Waals surface area contributed by atoms with E-state index in [9.17, 15) is 0 Å². The van der Waals surface area contributed by atoms with Crippen LogP contribution in [0, 0.1) is 6.92 Å². The summed E-state index contributed by atoms with van der Waals surface area (Å²) in [7, 11) is 0. The van der Waals surface area contributed by atoms with Gasteiger partial charge in [0.25, 0.3) is 0 Å². The van der Waals surface area contributed by atoms with Crippen LogP contribution in [0.3, 0.4) is 0 Å². The first-order valence-corrected chi connectivity index (χ1v) is 3.77. The lowest BCUT2D eigenvalue weighted by Crippen LogP contribution is -2.26. The van der Waals surface area contributed by atoms with Crippen LogP contribution < -0.4 is 5.32 Å². The molecule has 1 rings (SSSR count). The van der Waals surface area contributed by atoms with Crippen molar-refractivity contribution in [2.75, 3.05) is 5.32 Å². The van der Waals surface area contributed by atoms with E-state index in [1.165, 1.54) is 0 Å². The summed E-state index contributed by atoms with van der Waals surface area (Å²) in [6.07, 6.45) is 0. The Bertz CT molecular complexity index is 232. The second-order valence-corrected chi connectivity index (χ2v) is 3.81. The number of hydrogen-bond donors (Lipinski definition) is 2. The Morgan fingerprint density at radius 2 is 2.09 bits per heavy atom. The highest BCUT2D eigenvalue weighted by molar-refractivity contribution is 5.37. The van der Waals surface area contributed by atoms with Crippen molar-refractivity contribution in [2.45, 2.75) is 33.2 Å². The Hall–Kier alpha value is -0.990. The van der Waals surface area contributed by atoms with Gasteiger partial charge < -0.3 is 5.32 Å². The molecule has 1 heterocycles. The first-order valence-electron chi connectivity index (χ1n) is 3.77. The van der Waals surface area contributed by atoms with Crippen LogP contribution in [-0.2, 0) is 0 Å². The monoisotopic (exact) mass is 153 g/mol. The summed E-state index contributed by atoms with van der Waals surface area (Å²) in [5.41, 5.74) is 1.17. The number of H-pyrrole nitrogens is 1. The Morgan fingerprint density at radius 3 is 2.45 bits per heavy atom. The average molecular weight is 153 g/mol. The van der Waals surface area contributed by atoms with E-state index < -0.39 is 0 Å². The zero-order valence-corrected chi connectivity index (χ0v) is 7.52. The van der Waals surface area contributed by atoms with Crippen molar-refractivity contribution in [1.29, 1.82) is 0 Å². The topological polar surface area (TPSA) is 40.7 Å². The van der Waals surface area contributed by atoms with Crippen molar-refractivity contribution in [3.05, 3.63) is 11.8 Å². The first kappa shape index (κ1) is 8.11. The third-order valence-corrected chi connectivity index (χ3v) is 1.21. The lowest BCUT2D eigenvalue weighted by molar-refractivity contribution is 0.630. The third kappa shape index (κ3) is 2.62. The van der Waals surface area contributed by atoms with Crippen LogP contribution in [0.25, 0.3) is 0 Å².